The summed E-state index contributed by atoms with van der Waals surface area (Å²) in [6, 6.07) is 15.0. The van der Waals surface area contributed by atoms with E-state index in [2.05, 4.69) is 15.9 Å². The molecule has 0 saturated carbocycles. The van der Waals surface area contributed by atoms with Gasteiger partial charge in [0.05, 0.1) is 4.90 Å². The molecule has 0 atom stereocenters. The van der Waals surface area contributed by atoms with Crippen LogP contribution in [0.15, 0.2) is 93.2 Å². The van der Waals surface area contributed by atoms with Gasteiger partial charge < -0.3 is 4.90 Å². The zero-order valence-corrected chi connectivity index (χ0v) is 17.8. The van der Waals surface area contributed by atoms with E-state index in [0.29, 0.717) is 11.1 Å². The molecule has 2 aliphatic rings. The number of halogens is 1. The lowest BCUT2D eigenvalue weighted by molar-refractivity contribution is -0.125. The summed E-state index contributed by atoms with van der Waals surface area (Å²) in [4.78, 5) is 26.1. The van der Waals surface area contributed by atoms with Crippen molar-refractivity contribution in [3.8, 4) is 0 Å². The van der Waals surface area contributed by atoms with Crippen molar-refractivity contribution in [3.63, 3.8) is 0 Å². The van der Waals surface area contributed by atoms with Crippen LogP contribution in [0.3, 0.4) is 0 Å². The molecule has 0 bridgehead atoms. The van der Waals surface area contributed by atoms with Gasteiger partial charge in [-0.3, -0.25) is 9.59 Å². The Bertz CT molecular complexity index is 1190. The highest BCUT2D eigenvalue weighted by Gasteiger charge is 2.52. The molecule has 7 heteroatoms. The second-order valence-electron chi connectivity index (χ2n) is 6.79. The van der Waals surface area contributed by atoms with Gasteiger partial charge >= 0.3 is 0 Å². The number of nitrogens with zero attached hydrogens (tertiary/aromatic N) is 1. The number of hydrogen-bond donors (Lipinski definition) is 0. The molecule has 29 heavy (non-hydrogen) atoms. The van der Waals surface area contributed by atoms with Gasteiger partial charge in [0.15, 0.2) is 5.78 Å². The number of carbonyl (C=O) groups excluding carboxylic acids is 2. The second-order valence-corrected chi connectivity index (χ2v) is 9.59. The zero-order valence-electron chi connectivity index (χ0n) is 15.4. The number of benzene rings is 2. The lowest BCUT2D eigenvalue weighted by Gasteiger charge is -2.34. The van der Waals surface area contributed by atoms with Crippen molar-refractivity contribution in [1.82, 2.24) is 4.90 Å². The number of likely N-dealkylation sites (N-methyl/N-ethyl adjacent to an activating group) is 1. The predicted octanol–water partition coefficient (Wildman–Crippen LogP) is 3.54. The molecule has 0 radical (unpaired) electrons. The number of carbonyl (C=O) groups is 2. The second kappa shape index (κ2) is 6.93. The summed E-state index contributed by atoms with van der Waals surface area (Å²) in [7, 11) is -2.55. The Morgan fingerprint density at radius 2 is 1.48 bits per heavy atom. The highest BCUT2D eigenvalue weighted by atomic mass is 79.9. The van der Waals surface area contributed by atoms with Crippen LogP contribution in [0.4, 0.5) is 0 Å². The van der Waals surface area contributed by atoms with Crippen LogP contribution < -0.4 is 0 Å². The van der Waals surface area contributed by atoms with Crippen LogP contribution in [0.2, 0.25) is 0 Å². The average Bonchev–Trinajstić information content (AvgIpc) is 2.94. The van der Waals surface area contributed by atoms with Crippen molar-refractivity contribution >= 4 is 43.0 Å². The van der Waals surface area contributed by atoms with E-state index in [-0.39, 0.29) is 15.6 Å². The van der Waals surface area contributed by atoms with E-state index in [0.717, 1.165) is 4.47 Å². The van der Waals surface area contributed by atoms with E-state index in [1.165, 1.54) is 29.2 Å². The maximum atomic E-state index is 13.5. The molecule has 1 amide bonds. The number of sulfone groups is 1. The Kier molecular flexibility index (Phi) is 4.67. The van der Waals surface area contributed by atoms with Crippen LogP contribution in [-0.4, -0.2) is 37.6 Å². The van der Waals surface area contributed by atoms with Crippen molar-refractivity contribution < 1.29 is 18.0 Å². The molecule has 2 aromatic rings. The summed E-state index contributed by atoms with van der Waals surface area (Å²) >= 11 is 3.38. The first kappa shape index (κ1) is 19.5. The third-order valence-corrected chi connectivity index (χ3v) is 7.48. The summed E-state index contributed by atoms with van der Waals surface area (Å²) in [5.74, 6) is -0.832. The Labute approximate surface area is 177 Å². The first-order valence-corrected chi connectivity index (χ1v) is 11.1. The SMILES string of the molecule is CN1C(=O)C(S(=O)(=O)c2ccccc2)=C(c2ccc(Br)cc2)C12C=CC(=O)C=C2. The highest BCUT2D eigenvalue weighted by molar-refractivity contribution is 9.10. The minimum Gasteiger partial charge on any atom is -0.324 e. The molecule has 0 aromatic heterocycles. The first-order chi connectivity index (χ1) is 13.8. The van der Waals surface area contributed by atoms with E-state index in [4.69, 9.17) is 0 Å². The Morgan fingerprint density at radius 1 is 0.897 bits per heavy atom. The van der Waals surface area contributed by atoms with E-state index in [1.54, 1.807) is 61.7 Å². The largest absolute Gasteiger partial charge is 0.324 e. The molecular formula is C22H16BrNO4S. The number of allylic oxidation sites excluding steroid dienone is 2. The summed E-state index contributed by atoms with van der Waals surface area (Å²) in [6.07, 6.45) is 5.89. The minimum absolute atomic E-state index is 0.0447. The molecule has 4 rings (SSSR count). The fraction of sp³-hybridized carbons (Fsp3) is 0.0909. The summed E-state index contributed by atoms with van der Waals surface area (Å²) in [5, 5.41) is 0. The van der Waals surface area contributed by atoms with Crippen molar-refractivity contribution in [3.05, 3.63) is 93.8 Å². The van der Waals surface area contributed by atoms with Crippen LogP contribution in [0.25, 0.3) is 5.57 Å². The Hall–Kier alpha value is -2.77. The lowest BCUT2D eigenvalue weighted by atomic mass is 9.83. The third-order valence-electron chi connectivity index (χ3n) is 5.14. The van der Waals surface area contributed by atoms with Crippen LogP contribution in [0, 0.1) is 0 Å². The summed E-state index contributed by atoms with van der Waals surface area (Å²) in [5.41, 5.74) is -0.235. The average molecular weight is 470 g/mol. The molecule has 2 aromatic carbocycles. The molecule has 0 N–H and O–H groups in total. The monoisotopic (exact) mass is 469 g/mol. The Balaban J connectivity index is 2.07. The van der Waals surface area contributed by atoms with Gasteiger partial charge in [0, 0.05) is 17.1 Å². The first-order valence-electron chi connectivity index (χ1n) is 8.79. The van der Waals surface area contributed by atoms with Gasteiger partial charge in [-0.15, -0.1) is 0 Å². The van der Waals surface area contributed by atoms with Gasteiger partial charge in [0.2, 0.25) is 9.84 Å². The van der Waals surface area contributed by atoms with Crippen LogP contribution in [0.5, 0.6) is 0 Å². The number of rotatable bonds is 3. The van der Waals surface area contributed by atoms with Gasteiger partial charge in [0.25, 0.3) is 5.91 Å². The van der Waals surface area contributed by atoms with Crippen molar-refractivity contribution in [1.29, 1.82) is 0 Å². The maximum Gasteiger partial charge on any atom is 0.267 e. The van der Waals surface area contributed by atoms with E-state index < -0.39 is 21.3 Å². The molecule has 0 saturated heterocycles. The molecule has 1 heterocycles. The standard InChI is InChI=1S/C22H16BrNO4S/c1-24-21(26)20(29(27,28)18-5-3-2-4-6-18)19(15-7-9-16(23)10-8-15)22(24)13-11-17(25)12-14-22/h2-14H,1H3. The fourth-order valence-electron chi connectivity index (χ4n) is 3.64. The smallest absolute Gasteiger partial charge is 0.267 e. The molecule has 146 valence electrons. The van der Waals surface area contributed by atoms with E-state index in [1.807, 2.05) is 0 Å². The van der Waals surface area contributed by atoms with E-state index >= 15 is 0 Å². The fourth-order valence-corrected chi connectivity index (χ4v) is 5.57. The highest BCUT2D eigenvalue weighted by Crippen LogP contribution is 2.47. The minimum atomic E-state index is -4.09. The number of hydrogen-bond acceptors (Lipinski definition) is 4. The van der Waals surface area contributed by atoms with Crippen molar-refractivity contribution in [2.45, 2.75) is 10.4 Å². The molecule has 0 fully saturated rings. The van der Waals surface area contributed by atoms with Crippen LogP contribution in [0.1, 0.15) is 5.56 Å². The zero-order chi connectivity index (χ0) is 20.8. The van der Waals surface area contributed by atoms with Gasteiger partial charge in [-0.2, -0.15) is 0 Å². The molecule has 1 spiro atoms. The van der Waals surface area contributed by atoms with Crippen molar-refractivity contribution in [2.75, 3.05) is 7.05 Å². The molecule has 1 aliphatic carbocycles. The van der Waals surface area contributed by atoms with E-state index in [9.17, 15) is 18.0 Å². The van der Waals surface area contributed by atoms with Crippen LogP contribution >= 0.6 is 15.9 Å². The molecule has 1 aliphatic heterocycles. The van der Waals surface area contributed by atoms with Gasteiger partial charge in [-0.1, -0.05) is 46.3 Å². The topological polar surface area (TPSA) is 71.5 Å². The molecule has 5 nitrogen and oxygen atoms in total. The van der Waals surface area contributed by atoms with Crippen molar-refractivity contribution in [2.24, 2.45) is 0 Å². The van der Waals surface area contributed by atoms with Crippen LogP contribution in [-0.2, 0) is 19.4 Å². The van der Waals surface area contributed by atoms with Gasteiger partial charge in [0.1, 0.15) is 10.4 Å². The third kappa shape index (κ3) is 3.01. The lowest BCUT2D eigenvalue weighted by Crippen LogP contribution is -2.43. The maximum absolute atomic E-state index is 13.5. The number of amides is 1. The normalized spacial score (nSPS) is 18.2. The summed E-state index contributed by atoms with van der Waals surface area (Å²) in [6.45, 7) is 0. The van der Waals surface area contributed by atoms with Gasteiger partial charge in [-0.05, 0) is 54.1 Å². The Morgan fingerprint density at radius 3 is 2.07 bits per heavy atom. The summed E-state index contributed by atoms with van der Waals surface area (Å²) < 4.78 is 27.8. The molecular weight excluding hydrogens is 454 g/mol. The predicted molar refractivity (Wildman–Crippen MR) is 113 cm³/mol. The number of ketones is 1. The van der Waals surface area contributed by atoms with Gasteiger partial charge in [-0.25, -0.2) is 8.42 Å². The molecule has 0 unspecified atom stereocenters. The quantitative estimate of drug-likeness (QED) is 0.688.